The molecular weight excluding hydrogens is 524 g/mol. The highest BCUT2D eigenvalue weighted by atomic mass is 16.4. The molecule has 5 rings (SSSR count). The molecule has 210 valence electrons. The molecule has 0 aliphatic carbocycles. The number of pyridine rings is 2. The first kappa shape index (κ1) is 28.4. The van der Waals surface area contributed by atoms with Gasteiger partial charge in [-0.05, 0) is 65.4 Å². The lowest BCUT2D eigenvalue weighted by molar-refractivity contribution is -0.141. The van der Waals surface area contributed by atoms with E-state index in [1.807, 2.05) is 91.0 Å². The Balaban J connectivity index is 1.36. The molecule has 0 aliphatic heterocycles. The number of aromatic nitrogens is 2. The predicted octanol–water partition coefficient (Wildman–Crippen LogP) is 5.47. The number of carboxylic acid groups (broad SMARTS) is 1. The van der Waals surface area contributed by atoms with Crippen molar-refractivity contribution in [3.8, 4) is 33.6 Å². The normalized spacial score (nSPS) is 12.3. The Hall–Kier alpha value is -5.14. The van der Waals surface area contributed by atoms with Crippen molar-refractivity contribution in [1.82, 2.24) is 15.3 Å². The zero-order chi connectivity index (χ0) is 29.5. The highest BCUT2D eigenvalue weighted by Crippen LogP contribution is 2.32. The number of rotatable bonds is 10. The standard InChI is InChI=1S/C35H32N4O3/c1-23-9-2-3-10-26(23)25-17-15-24(16-18-25)21-30(36)34(40)39-33(35(41)42)22-29-27(31-13-4-6-19-37-31)11-8-12-28(29)32-14-5-7-20-38-32/h2-20,30,33H,21-22,36H2,1H3,(H,39,40)(H,41,42)/t30-,33-/m0/s1. The van der Waals surface area contributed by atoms with E-state index < -0.39 is 24.0 Å². The number of carbonyl (C=O) groups is 2. The van der Waals surface area contributed by atoms with Crippen molar-refractivity contribution in [3.05, 3.63) is 132 Å². The van der Waals surface area contributed by atoms with Crippen LogP contribution < -0.4 is 11.1 Å². The molecule has 1 amide bonds. The van der Waals surface area contributed by atoms with E-state index in [-0.39, 0.29) is 12.8 Å². The third-order valence-electron chi connectivity index (χ3n) is 7.28. The first-order valence-corrected chi connectivity index (χ1v) is 13.8. The van der Waals surface area contributed by atoms with Crippen LogP contribution in [0.15, 0.2) is 116 Å². The fourth-order valence-electron chi connectivity index (χ4n) is 5.08. The number of hydrogen-bond acceptors (Lipinski definition) is 5. The van der Waals surface area contributed by atoms with Crippen LogP contribution in [0, 0.1) is 6.92 Å². The summed E-state index contributed by atoms with van der Waals surface area (Å²) >= 11 is 0. The van der Waals surface area contributed by atoms with Crippen LogP contribution in [0.4, 0.5) is 0 Å². The molecule has 3 aromatic carbocycles. The second kappa shape index (κ2) is 13.0. The van der Waals surface area contributed by atoms with Gasteiger partial charge in [0.1, 0.15) is 6.04 Å². The van der Waals surface area contributed by atoms with E-state index in [2.05, 4.69) is 34.3 Å². The van der Waals surface area contributed by atoms with Gasteiger partial charge in [0.15, 0.2) is 0 Å². The van der Waals surface area contributed by atoms with Crippen LogP contribution in [0.1, 0.15) is 16.7 Å². The molecule has 5 aromatic rings. The summed E-state index contributed by atoms with van der Waals surface area (Å²) < 4.78 is 0. The Kier molecular flexibility index (Phi) is 8.80. The van der Waals surface area contributed by atoms with Crippen LogP contribution in [0.5, 0.6) is 0 Å². The summed E-state index contributed by atoms with van der Waals surface area (Å²) in [5.74, 6) is -1.68. The molecule has 2 heterocycles. The minimum atomic E-state index is -1.21. The lowest BCUT2D eigenvalue weighted by Gasteiger charge is -2.21. The molecule has 42 heavy (non-hydrogen) atoms. The Morgan fingerprint density at radius 2 is 1.31 bits per heavy atom. The van der Waals surface area contributed by atoms with Crippen molar-refractivity contribution >= 4 is 11.9 Å². The maximum atomic E-state index is 13.2. The lowest BCUT2D eigenvalue weighted by atomic mass is 9.91. The molecule has 0 bridgehead atoms. The van der Waals surface area contributed by atoms with Gasteiger partial charge in [0.05, 0.1) is 17.4 Å². The minimum absolute atomic E-state index is 0.0254. The maximum absolute atomic E-state index is 13.2. The monoisotopic (exact) mass is 556 g/mol. The van der Waals surface area contributed by atoms with Crippen molar-refractivity contribution < 1.29 is 14.7 Å². The fraction of sp³-hybridized carbons (Fsp3) is 0.143. The van der Waals surface area contributed by atoms with Gasteiger partial charge in [-0.25, -0.2) is 4.79 Å². The van der Waals surface area contributed by atoms with Gasteiger partial charge < -0.3 is 16.2 Å². The van der Waals surface area contributed by atoms with E-state index in [1.54, 1.807) is 12.4 Å². The van der Waals surface area contributed by atoms with Crippen molar-refractivity contribution in [3.63, 3.8) is 0 Å². The predicted molar refractivity (Wildman–Crippen MR) is 164 cm³/mol. The van der Waals surface area contributed by atoms with Crippen LogP contribution in [0.2, 0.25) is 0 Å². The lowest BCUT2D eigenvalue weighted by Crippen LogP contribution is -2.50. The van der Waals surface area contributed by atoms with E-state index >= 15 is 0 Å². The fourth-order valence-corrected chi connectivity index (χ4v) is 5.08. The van der Waals surface area contributed by atoms with E-state index in [1.165, 1.54) is 5.56 Å². The number of aryl methyl sites for hydroxylation is 1. The van der Waals surface area contributed by atoms with Gasteiger partial charge in [0.25, 0.3) is 0 Å². The molecule has 0 aliphatic rings. The first-order chi connectivity index (χ1) is 20.4. The van der Waals surface area contributed by atoms with Gasteiger partial charge in [-0.1, -0.05) is 78.9 Å². The molecule has 0 spiro atoms. The third kappa shape index (κ3) is 6.59. The van der Waals surface area contributed by atoms with Gasteiger partial charge >= 0.3 is 5.97 Å². The highest BCUT2D eigenvalue weighted by molar-refractivity contribution is 5.88. The molecule has 2 atom stereocenters. The molecule has 0 saturated carbocycles. The minimum Gasteiger partial charge on any atom is -0.480 e. The second-order valence-corrected chi connectivity index (χ2v) is 10.2. The second-order valence-electron chi connectivity index (χ2n) is 10.2. The number of benzene rings is 3. The largest absolute Gasteiger partial charge is 0.480 e. The van der Waals surface area contributed by atoms with Crippen LogP contribution in [-0.2, 0) is 22.4 Å². The smallest absolute Gasteiger partial charge is 0.326 e. The summed E-state index contributed by atoms with van der Waals surface area (Å²) in [5, 5.41) is 12.8. The Labute approximate surface area is 245 Å². The van der Waals surface area contributed by atoms with Gasteiger partial charge in [-0.3, -0.25) is 14.8 Å². The molecule has 2 aromatic heterocycles. The molecule has 4 N–H and O–H groups in total. The number of amides is 1. The summed E-state index contributed by atoms with van der Waals surface area (Å²) in [6.07, 6.45) is 3.68. The van der Waals surface area contributed by atoms with Crippen LogP contribution in [0.25, 0.3) is 33.6 Å². The number of hydrogen-bond donors (Lipinski definition) is 3. The van der Waals surface area contributed by atoms with E-state index in [4.69, 9.17) is 5.73 Å². The third-order valence-corrected chi connectivity index (χ3v) is 7.28. The SMILES string of the molecule is Cc1ccccc1-c1ccc(C[C@H](N)C(=O)N[C@@H](Cc2c(-c3ccccn3)cccc2-c2ccccn2)C(=O)O)cc1. The maximum Gasteiger partial charge on any atom is 0.326 e. The average Bonchev–Trinajstić information content (AvgIpc) is 3.02. The highest BCUT2D eigenvalue weighted by Gasteiger charge is 2.27. The molecule has 0 radical (unpaired) electrons. The topological polar surface area (TPSA) is 118 Å². The van der Waals surface area contributed by atoms with E-state index in [9.17, 15) is 14.7 Å². The van der Waals surface area contributed by atoms with Crippen LogP contribution in [0.3, 0.4) is 0 Å². The quantitative estimate of drug-likeness (QED) is 0.210. The Morgan fingerprint density at radius 3 is 1.86 bits per heavy atom. The van der Waals surface area contributed by atoms with Crippen molar-refractivity contribution in [2.75, 3.05) is 0 Å². The van der Waals surface area contributed by atoms with Gasteiger partial charge in [-0.15, -0.1) is 0 Å². The van der Waals surface area contributed by atoms with E-state index in [0.29, 0.717) is 11.4 Å². The summed E-state index contributed by atoms with van der Waals surface area (Å²) in [5.41, 5.74) is 14.2. The molecule has 0 fully saturated rings. The summed E-state index contributed by atoms with van der Waals surface area (Å²) in [7, 11) is 0. The first-order valence-electron chi connectivity index (χ1n) is 13.8. The van der Waals surface area contributed by atoms with Crippen LogP contribution >= 0.6 is 0 Å². The zero-order valence-corrected chi connectivity index (χ0v) is 23.3. The summed E-state index contributed by atoms with van der Waals surface area (Å²) in [6.45, 7) is 2.07. The molecule has 7 nitrogen and oxygen atoms in total. The van der Waals surface area contributed by atoms with Gasteiger partial charge in [0, 0.05) is 29.9 Å². The molecular formula is C35H32N4O3. The molecule has 0 unspecified atom stereocenters. The van der Waals surface area contributed by atoms with Crippen molar-refractivity contribution in [2.24, 2.45) is 5.73 Å². The number of nitrogens with two attached hydrogens (primary N) is 1. The Bertz CT molecular complexity index is 1610. The van der Waals surface area contributed by atoms with Crippen molar-refractivity contribution in [2.45, 2.75) is 31.8 Å². The number of aliphatic carboxylic acids is 1. The van der Waals surface area contributed by atoms with Crippen molar-refractivity contribution in [1.29, 1.82) is 0 Å². The van der Waals surface area contributed by atoms with Gasteiger partial charge in [0.2, 0.25) is 5.91 Å². The van der Waals surface area contributed by atoms with E-state index in [0.717, 1.165) is 33.4 Å². The number of carbonyl (C=O) groups excluding carboxylic acids is 1. The Morgan fingerprint density at radius 1 is 0.738 bits per heavy atom. The van der Waals surface area contributed by atoms with Gasteiger partial charge in [-0.2, -0.15) is 0 Å². The summed E-state index contributed by atoms with van der Waals surface area (Å²) in [6, 6.07) is 30.8. The van der Waals surface area contributed by atoms with Crippen LogP contribution in [-0.4, -0.2) is 39.0 Å². The average molecular weight is 557 g/mol. The number of nitrogens with zero attached hydrogens (tertiary/aromatic N) is 2. The molecule has 7 heteroatoms. The summed E-state index contributed by atoms with van der Waals surface area (Å²) in [4.78, 5) is 34.6. The number of nitrogens with one attached hydrogen (secondary N) is 1. The molecule has 0 saturated heterocycles. The zero-order valence-electron chi connectivity index (χ0n) is 23.3. The number of carboxylic acids is 1.